The van der Waals surface area contributed by atoms with Gasteiger partial charge in [-0.3, -0.25) is 13.9 Å². The maximum absolute atomic E-state index is 13.9. The van der Waals surface area contributed by atoms with Crippen molar-refractivity contribution in [3.63, 3.8) is 0 Å². The van der Waals surface area contributed by atoms with E-state index in [1.165, 1.54) is 32.4 Å². The minimum atomic E-state index is -4.35. The average molecular weight is 760 g/mol. The van der Waals surface area contributed by atoms with Crippen LogP contribution in [0, 0.1) is 11.6 Å². The molecule has 0 heterocycles. The molecule has 0 aromatic heterocycles. The summed E-state index contributed by atoms with van der Waals surface area (Å²) in [4.78, 5) is 27.1. The van der Waals surface area contributed by atoms with E-state index in [1.807, 2.05) is 6.07 Å². The lowest BCUT2D eigenvalue weighted by molar-refractivity contribution is -0.138. The Kier molecular flexibility index (Phi) is 15.3. The van der Waals surface area contributed by atoms with Gasteiger partial charge in [-0.05, 0) is 37.1 Å². The van der Waals surface area contributed by atoms with E-state index in [2.05, 4.69) is 10.6 Å². The first kappa shape index (κ1) is 42.1. The molecule has 0 aliphatic heterocycles. The van der Waals surface area contributed by atoms with Crippen LogP contribution in [0.5, 0.6) is 5.75 Å². The Balaban J connectivity index is 1.88. The van der Waals surface area contributed by atoms with E-state index in [9.17, 15) is 45.1 Å². The molecule has 0 spiro atoms. The first-order valence-corrected chi connectivity index (χ1v) is 17.9. The molecule has 2 amide bonds. The summed E-state index contributed by atoms with van der Waals surface area (Å²) in [5.74, 6) is -3.66. The molecule has 0 aliphatic carbocycles. The number of halogens is 5. The van der Waals surface area contributed by atoms with Gasteiger partial charge in [-0.15, -0.1) is 0 Å². The summed E-state index contributed by atoms with van der Waals surface area (Å²) in [7, 11) is -1.34. The number of rotatable bonds is 19. The summed E-state index contributed by atoms with van der Waals surface area (Å²) in [6.45, 7) is 0.762. The second kappa shape index (κ2) is 19.0. The predicted molar refractivity (Wildman–Crippen MR) is 183 cm³/mol. The molecule has 0 radical (unpaired) electrons. The largest absolute Gasteiger partial charge is 0.491 e. The van der Waals surface area contributed by atoms with Crippen LogP contribution < -0.4 is 19.7 Å². The van der Waals surface area contributed by atoms with Crippen LogP contribution >= 0.6 is 0 Å². The van der Waals surface area contributed by atoms with E-state index < -0.39 is 77.0 Å². The second-order valence-corrected chi connectivity index (χ2v) is 14.1. The quantitative estimate of drug-likeness (QED) is 0.113. The van der Waals surface area contributed by atoms with Crippen LogP contribution in [0.2, 0.25) is 0 Å². The first-order valence-electron chi connectivity index (χ1n) is 16.1. The number of hydrogen-bond acceptors (Lipinski definition) is 8. The van der Waals surface area contributed by atoms with Crippen molar-refractivity contribution < 1.29 is 59.3 Å². The molecule has 0 bridgehead atoms. The number of aliphatic hydroxyl groups excluding tert-OH is 1. The Morgan fingerprint density at radius 1 is 0.923 bits per heavy atom. The fourth-order valence-electron chi connectivity index (χ4n) is 4.91. The second-order valence-electron chi connectivity index (χ2n) is 12.1. The van der Waals surface area contributed by atoms with Gasteiger partial charge >= 0.3 is 6.18 Å². The Morgan fingerprint density at radius 3 is 2.08 bits per heavy atom. The molecule has 3 aromatic rings. The Labute approximate surface area is 299 Å². The van der Waals surface area contributed by atoms with Crippen LogP contribution in [0.3, 0.4) is 0 Å². The third kappa shape index (κ3) is 13.7. The number of nitrogens with one attached hydrogen (secondary N) is 2. The highest BCUT2D eigenvalue weighted by Crippen LogP contribution is 2.24. The molecule has 3 aromatic carbocycles. The van der Waals surface area contributed by atoms with Gasteiger partial charge in [-0.1, -0.05) is 30.3 Å². The normalized spacial score (nSPS) is 14.2. The molecule has 0 aliphatic rings. The summed E-state index contributed by atoms with van der Waals surface area (Å²) >= 11 is 0. The van der Waals surface area contributed by atoms with Crippen molar-refractivity contribution in [2.75, 3.05) is 44.5 Å². The molecule has 286 valence electrons. The number of amides is 2. The van der Waals surface area contributed by atoms with Crippen molar-refractivity contribution in [1.82, 2.24) is 10.6 Å². The SMILES string of the molecule is CO[C@@H](COCCCC(F)(F)F)C[C@H](O)[C@H](COc1cc(F)cc(F)c1)NC(=O)c1cc(C(=O)N[C@H](C)c2ccccc2)cc(N(C)S(C)(=O)=O)c1. The van der Waals surface area contributed by atoms with E-state index in [0.717, 1.165) is 28.3 Å². The number of carbonyl (C=O) groups excluding carboxylic acids is 2. The number of alkyl halides is 3. The maximum Gasteiger partial charge on any atom is 0.389 e. The number of aliphatic hydroxyl groups is 1. The molecule has 3 N–H and O–H groups in total. The average Bonchev–Trinajstić information content (AvgIpc) is 3.07. The van der Waals surface area contributed by atoms with Gasteiger partial charge in [0.2, 0.25) is 10.0 Å². The highest BCUT2D eigenvalue weighted by atomic mass is 32.2. The molecule has 17 heteroatoms. The van der Waals surface area contributed by atoms with Crippen molar-refractivity contribution in [2.24, 2.45) is 0 Å². The van der Waals surface area contributed by atoms with Crippen LogP contribution in [-0.4, -0.2) is 90.0 Å². The zero-order chi connectivity index (χ0) is 38.6. The first-order chi connectivity index (χ1) is 24.4. The number of hydrogen-bond donors (Lipinski definition) is 3. The van der Waals surface area contributed by atoms with Gasteiger partial charge in [0.05, 0.1) is 42.8 Å². The fourth-order valence-corrected chi connectivity index (χ4v) is 5.39. The number of benzene rings is 3. The monoisotopic (exact) mass is 759 g/mol. The van der Waals surface area contributed by atoms with E-state index in [-0.39, 0.29) is 48.6 Å². The predicted octanol–water partition coefficient (Wildman–Crippen LogP) is 5.15. The Morgan fingerprint density at radius 2 is 1.52 bits per heavy atom. The highest BCUT2D eigenvalue weighted by molar-refractivity contribution is 7.92. The van der Waals surface area contributed by atoms with Crippen LogP contribution in [0.1, 0.15) is 58.5 Å². The van der Waals surface area contributed by atoms with Crippen molar-refractivity contribution in [3.8, 4) is 5.75 Å². The standard InChI is InChI=1S/C35H42F5N3O8S/c1-22(23-9-6-5-7-10-23)41-33(45)24-13-25(15-28(14-24)43(2)52(4,47)48)34(46)42-31(21-51-29-17-26(36)16-27(37)18-29)32(44)19-30(49-3)20-50-12-8-11-35(38,39)40/h5-7,9-10,13-18,22,30-32,44H,8,11-12,19-21H2,1-4H3,(H,41,45)(H,42,46)/t22-,30-,31+,32+/m1/s1. The van der Waals surface area contributed by atoms with Gasteiger partial charge in [0.25, 0.3) is 11.8 Å². The summed E-state index contributed by atoms with van der Waals surface area (Å²) in [5.41, 5.74) is 0.509. The molecule has 11 nitrogen and oxygen atoms in total. The third-order valence-corrected chi connectivity index (χ3v) is 9.09. The molecule has 0 saturated heterocycles. The lowest BCUT2D eigenvalue weighted by Gasteiger charge is -2.27. The van der Waals surface area contributed by atoms with Crippen LogP contribution in [0.15, 0.2) is 66.7 Å². The molecular weight excluding hydrogens is 717 g/mol. The third-order valence-electron chi connectivity index (χ3n) is 7.89. The van der Waals surface area contributed by atoms with E-state index in [0.29, 0.717) is 6.07 Å². The number of methoxy groups -OCH3 is 1. The van der Waals surface area contributed by atoms with Gasteiger partial charge in [-0.2, -0.15) is 13.2 Å². The van der Waals surface area contributed by atoms with Crippen LogP contribution in [0.25, 0.3) is 0 Å². The van der Waals surface area contributed by atoms with Crippen molar-refractivity contribution in [1.29, 1.82) is 0 Å². The number of ether oxygens (including phenoxy) is 3. The van der Waals surface area contributed by atoms with E-state index >= 15 is 0 Å². The van der Waals surface area contributed by atoms with Gasteiger partial charge in [0.15, 0.2) is 0 Å². The van der Waals surface area contributed by atoms with Crippen LogP contribution in [0.4, 0.5) is 27.6 Å². The zero-order valence-electron chi connectivity index (χ0n) is 29.0. The highest BCUT2D eigenvalue weighted by Gasteiger charge is 2.29. The summed E-state index contributed by atoms with van der Waals surface area (Å²) in [6.07, 6.45) is -7.33. The number of anilines is 1. The van der Waals surface area contributed by atoms with E-state index in [4.69, 9.17) is 14.2 Å². The topological polar surface area (TPSA) is 144 Å². The molecule has 52 heavy (non-hydrogen) atoms. The minimum absolute atomic E-state index is 0.0293. The molecule has 0 unspecified atom stereocenters. The summed E-state index contributed by atoms with van der Waals surface area (Å²) in [6, 6.07) is 13.3. The lowest BCUT2D eigenvalue weighted by Crippen LogP contribution is -2.48. The molecule has 4 atom stereocenters. The van der Waals surface area contributed by atoms with Crippen molar-refractivity contribution in [2.45, 2.75) is 56.7 Å². The summed E-state index contributed by atoms with van der Waals surface area (Å²) in [5, 5.41) is 16.6. The maximum atomic E-state index is 13.9. The van der Waals surface area contributed by atoms with Gasteiger partial charge in [0.1, 0.15) is 24.0 Å². The fraction of sp³-hybridized carbons (Fsp3) is 0.429. The van der Waals surface area contributed by atoms with Gasteiger partial charge < -0.3 is 30.0 Å². The smallest absolute Gasteiger partial charge is 0.389 e. The molecule has 0 saturated carbocycles. The lowest BCUT2D eigenvalue weighted by atomic mass is 10.0. The van der Waals surface area contributed by atoms with Gasteiger partial charge in [0, 0.05) is 62.9 Å². The number of carbonyl (C=O) groups is 2. The Bertz CT molecular complexity index is 1730. The van der Waals surface area contributed by atoms with E-state index in [1.54, 1.807) is 31.2 Å². The molecule has 3 rings (SSSR count). The number of nitrogens with zero attached hydrogens (tertiary/aromatic N) is 1. The van der Waals surface area contributed by atoms with Crippen molar-refractivity contribution in [3.05, 3.63) is 95.1 Å². The minimum Gasteiger partial charge on any atom is -0.491 e. The van der Waals surface area contributed by atoms with Gasteiger partial charge in [-0.25, -0.2) is 17.2 Å². The number of sulfonamides is 1. The van der Waals surface area contributed by atoms with Crippen molar-refractivity contribution >= 4 is 27.5 Å². The molecule has 0 fully saturated rings. The summed E-state index contributed by atoms with van der Waals surface area (Å²) < 4.78 is 107. The molecular formula is C35H42F5N3O8S. The van der Waals surface area contributed by atoms with Crippen LogP contribution in [-0.2, 0) is 19.5 Å². The Hall–Kier alpha value is -4.32. The zero-order valence-corrected chi connectivity index (χ0v) is 29.8.